The second kappa shape index (κ2) is 9.35. The van der Waals surface area contributed by atoms with E-state index in [1.807, 2.05) is 0 Å². The molecule has 0 radical (unpaired) electrons. The number of carbonyl (C=O) groups is 5. The van der Waals surface area contributed by atoms with E-state index < -0.39 is 63.9 Å². The molecule has 2 aromatic rings. The lowest BCUT2D eigenvalue weighted by Crippen LogP contribution is -2.57. The number of nitrogens with two attached hydrogens (primary N) is 1. The van der Waals surface area contributed by atoms with Gasteiger partial charge < -0.3 is 36.2 Å². The number of phenolic OH excluding ortho intramolecular Hbond substituents is 1. The fourth-order valence-electron chi connectivity index (χ4n) is 5.90. The van der Waals surface area contributed by atoms with Gasteiger partial charge in [-0.05, 0) is 53.6 Å². The molecule has 0 bridgehead atoms. The predicted molar refractivity (Wildman–Crippen MR) is 137 cm³/mol. The molecule has 12 heteroatoms. The molecule has 5 rings (SSSR count). The second-order valence-electron chi connectivity index (χ2n) is 9.92. The van der Waals surface area contributed by atoms with Gasteiger partial charge in [0.05, 0.1) is 12.7 Å². The Balaban J connectivity index is 1.56. The molecule has 2 amide bonds. The number of benzene rings is 2. The number of Topliss-reactive ketones (excluding diaryl/α,β-unsaturated/α-hetero) is 2. The van der Waals surface area contributed by atoms with Crippen LogP contribution in [0.3, 0.4) is 0 Å². The molecule has 12 nitrogen and oxygen atoms in total. The van der Waals surface area contributed by atoms with Crippen LogP contribution < -0.4 is 11.1 Å². The quantitative estimate of drug-likeness (QED) is 0.184. The Labute approximate surface area is 226 Å². The largest absolute Gasteiger partial charge is 0.511 e. The fraction of sp³-hybridized carbons (Fsp3) is 0.250. The SMILES string of the molecule is COC(=O)C(=O)Nc1ccc(-c2ccc(O)c3c2C[C@H]2C[C@H]4CC(O)=C(C(N)=O)C(=O)[C@@]4(O)C(O)=C2C3=O)cc1. The van der Waals surface area contributed by atoms with Crippen LogP contribution in [0.2, 0.25) is 0 Å². The Morgan fingerprint density at radius 3 is 2.33 bits per heavy atom. The molecular weight excluding hydrogens is 524 g/mol. The summed E-state index contributed by atoms with van der Waals surface area (Å²) in [6.07, 6.45) is -0.170. The Morgan fingerprint density at radius 2 is 1.70 bits per heavy atom. The molecule has 0 saturated heterocycles. The van der Waals surface area contributed by atoms with Crippen LogP contribution in [0.4, 0.5) is 5.69 Å². The van der Waals surface area contributed by atoms with E-state index in [-0.39, 0.29) is 36.1 Å². The fourth-order valence-corrected chi connectivity index (χ4v) is 5.90. The summed E-state index contributed by atoms with van der Waals surface area (Å²) in [7, 11) is 1.08. The van der Waals surface area contributed by atoms with Crippen LogP contribution in [0.1, 0.15) is 28.8 Å². The van der Waals surface area contributed by atoms with Gasteiger partial charge in [0, 0.05) is 23.6 Å². The third-order valence-electron chi connectivity index (χ3n) is 7.77. The minimum atomic E-state index is -2.63. The lowest BCUT2D eigenvalue weighted by Gasteiger charge is -2.45. The molecule has 3 aliphatic carbocycles. The molecule has 0 fully saturated rings. The van der Waals surface area contributed by atoms with Gasteiger partial charge in [0.25, 0.3) is 5.91 Å². The molecule has 0 saturated carbocycles. The zero-order chi connectivity index (χ0) is 29.1. The molecule has 0 heterocycles. The first-order valence-corrected chi connectivity index (χ1v) is 12.2. The number of primary amides is 1. The molecule has 2 aromatic carbocycles. The zero-order valence-corrected chi connectivity index (χ0v) is 21.1. The first-order chi connectivity index (χ1) is 18.9. The minimum Gasteiger partial charge on any atom is -0.511 e. The average molecular weight is 549 g/mol. The summed E-state index contributed by atoms with van der Waals surface area (Å²) in [4.78, 5) is 61.7. The van der Waals surface area contributed by atoms with Crippen molar-refractivity contribution in [2.24, 2.45) is 17.6 Å². The number of aliphatic hydroxyl groups is 3. The summed E-state index contributed by atoms with van der Waals surface area (Å²) in [6.45, 7) is 0. The zero-order valence-electron chi connectivity index (χ0n) is 21.1. The number of carbonyl (C=O) groups excluding carboxylic acids is 5. The number of ether oxygens (including phenoxy) is 1. The Kier molecular flexibility index (Phi) is 6.22. The number of aliphatic hydroxyl groups excluding tert-OH is 2. The summed E-state index contributed by atoms with van der Waals surface area (Å²) >= 11 is 0. The van der Waals surface area contributed by atoms with Crippen molar-refractivity contribution in [3.8, 4) is 16.9 Å². The molecule has 0 spiro atoms. The molecule has 3 aliphatic rings. The Hall–Kier alpha value is -4.97. The Bertz CT molecular complexity index is 1590. The standard InChI is InChI=1S/C28H24N2O10/c1-40-27(38)26(37)30-14-4-2-11(3-5-14)15-6-7-17(31)20-16(15)9-12-8-13-10-18(32)21(25(29)36)24(35)28(13,39)23(34)19(12)22(20)33/h2-7,12-13,31-32,34,39H,8-10H2,1H3,(H2,29,36)(H,30,37)/t12-,13+,28+/m1/s1. The number of esters is 1. The van der Waals surface area contributed by atoms with E-state index in [0.717, 1.165) is 7.11 Å². The summed E-state index contributed by atoms with van der Waals surface area (Å²) in [5.41, 5.74) is 3.35. The van der Waals surface area contributed by atoms with Crippen LogP contribution in [-0.4, -0.2) is 62.5 Å². The van der Waals surface area contributed by atoms with Gasteiger partial charge in [-0.3, -0.25) is 19.2 Å². The summed E-state index contributed by atoms with van der Waals surface area (Å²) in [5, 5.41) is 45.8. The third-order valence-corrected chi connectivity index (χ3v) is 7.77. The maximum absolute atomic E-state index is 13.7. The van der Waals surface area contributed by atoms with Crippen molar-refractivity contribution in [1.82, 2.24) is 0 Å². The molecular formula is C28H24N2O10. The van der Waals surface area contributed by atoms with E-state index in [1.54, 1.807) is 18.2 Å². The molecule has 0 aliphatic heterocycles. The number of amides is 2. The number of aromatic hydroxyl groups is 1. The number of hydrogen-bond donors (Lipinski definition) is 6. The number of ketones is 2. The molecule has 206 valence electrons. The maximum atomic E-state index is 13.7. The van der Waals surface area contributed by atoms with Crippen molar-refractivity contribution >= 4 is 35.0 Å². The van der Waals surface area contributed by atoms with Crippen LogP contribution in [-0.2, 0) is 30.3 Å². The van der Waals surface area contributed by atoms with Crippen LogP contribution in [0, 0.1) is 11.8 Å². The van der Waals surface area contributed by atoms with Crippen LogP contribution in [0.5, 0.6) is 5.75 Å². The van der Waals surface area contributed by atoms with Crippen molar-refractivity contribution in [1.29, 1.82) is 0 Å². The first kappa shape index (κ1) is 26.6. The van der Waals surface area contributed by atoms with Crippen molar-refractivity contribution in [2.75, 3.05) is 12.4 Å². The van der Waals surface area contributed by atoms with Crippen molar-refractivity contribution in [3.05, 3.63) is 70.2 Å². The van der Waals surface area contributed by atoms with Gasteiger partial charge in [-0.1, -0.05) is 18.2 Å². The minimum absolute atomic E-state index is 0.0104. The van der Waals surface area contributed by atoms with E-state index >= 15 is 0 Å². The highest BCUT2D eigenvalue weighted by atomic mass is 16.5. The van der Waals surface area contributed by atoms with Gasteiger partial charge in [0.15, 0.2) is 11.4 Å². The number of fused-ring (bicyclic) bond motifs is 3. The van der Waals surface area contributed by atoms with Crippen LogP contribution >= 0.6 is 0 Å². The van der Waals surface area contributed by atoms with E-state index in [0.29, 0.717) is 22.4 Å². The number of phenols is 1. The summed E-state index contributed by atoms with van der Waals surface area (Å²) in [6, 6.07) is 9.26. The number of allylic oxidation sites excluding steroid dienone is 2. The van der Waals surface area contributed by atoms with Gasteiger partial charge in [-0.25, -0.2) is 4.79 Å². The molecule has 7 N–H and O–H groups in total. The average Bonchev–Trinajstić information content (AvgIpc) is 2.90. The van der Waals surface area contributed by atoms with Crippen LogP contribution in [0.25, 0.3) is 11.1 Å². The van der Waals surface area contributed by atoms with Crippen molar-refractivity contribution in [3.63, 3.8) is 0 Å². The van der Waals surface area contributed by atoms with Crippen molar-refractivity contribution < 1.29 is 49.1 Å². The number of methoxy groups -OCH3 is 1. The number of anilines is 1. The number of hydrogen-bond acceptors (Lipinski definition) is 10. The van der Waals surface area contributed by atoms with E-state index in [4.69, 9.17) is 5.73 Å². The monoisotopic (exact) mass is 548 g/mol. The summed E-state index contributed by atoms with van der Waals surface area (Å²) < 4.78 is 4.38. The highest BCUT2D eigenvalue weighted by molar-refractivity contribution is 6.37. The van der Waals surface area contributed by atoms with Crippen molar-refractivity contribution in [2.45, 2.75) is 24.9 Å². The molecule has 0 unspecified atom stereocenters. The highest BCUT2D eigenvalue weighted by Gasteiger charge is 2.59. The number of rotatable bonds is 3. The van der Waals surface area contributed by atoms with E-state index in [9.17, 15) is 44.4 Å². The van der Waals surface area contributed by atoms with Crippen LogP contribution in [0.15, 0.2) is 59.1 Å². The van der Waals surface area contributed by atoms with E-state index in [2.05, 4.69) is 10.1 Å². The Morgan fingerprint density at radius 1 is 1.02 bits per heavy atom. The molecule has 0 aromatic heterocycles. The van der Waals surface area contributed by atoms with Gasteiger partial charge in [-0.15, -0.1) is 0 Å². The first-order valence-electron chi connectivity index (χ1n) is 12.2. The van der Waals surface area contributed by atoms with Gasteiger partial charge in [0.2, 0.25) is 5.78 Å². The molecule has 40 heavy (non-hydrogen) atoms. The lowest BCUT2D eigenvalue weighted by atomic mass is 9.60. The smallest absolute Gasteiger partial charge is 0.396 e. The number of nitrogens with one attached hydrogen (secondary N) is 1. The third kappa shape index (κ3) is 3.83. The predicted octanol–water partition coefficient (Wildman–Crippen LogP) is 1.36. The van der Waals surface area contributed by atoms with Gasteiger partial charge >= 0.3 is 11.9 Å². The maximum Gasteiger partial charge on any atom is 0.396 e. The summed E-state index contributed by atoms with van der Waals surface area (Å²) in [5.74, 6) is -8.96. The normalized spacial score (nSPS) is 23.6. The van der Waals surface area contributed by atoms with Gasteiger partial charge in [0.1, 0.15) is 22.8 Å². The lowest BCUT2D eigenvalue weighted by molar-refractivity contribution is -0.150. The molecule has 3 atom stereocenters. The topological polar surface area (TPSA) is 214 Å². The van der Waals surface area contributed by atoms with Gasteiger partial charge in [-0.2, -0.15) is 0 Å². The van der Waals surface area contributed by atoms with E-state index in [1.165, 1.54) is 18.2 Å². The highest BCUT2D eigenvalue weighted by Crippen LogP contribution is 2.52. The second-order valence-corrected chi connectivity index (χ2v) is 9.92.